The molecule has 0 aliphatic carbocycles. The summed E-state index contributed by atoms with van der Waals surface area (Å²) in [6.45, 7) is 0.682. The van der Waals surface area contributed by atoms with Gasteiger partial charge in [-0.2, -0.15) is 5.10 Å². The summed E-state index contributed by atoms with van der Waals surface area (Å²) in [7, 11) is 0. The summed E-state index contributed by atoms with van der Waals surface area (Å²) in [6, 6.07) is 6.32. The Bertz CT molecular complexity index is 582. The van der Waals surface area contributed by atoms with Crippen molar-refractivity contribution in [3.8, 4) is 0 Å². The van der Waals surface area contributed by atoms with E-state index >= 15 is 0 Å². The van der Waals surface area contributed by atoms with Crippen LogP contribution >= 0.6 is 0 Å². The lowest BCUT2D eigenvalue weighted by atomic mass is 9.95. The van der Waals surface area contributed by atoms with Gasteiger partial charge in [-0.1, -0.05) is 12.1 Å². The van der Waals surface area contributed by atoms with Crippen molar-refractivity contribution in [2.24, 2.45) is 0 Å². The molecular weight excluding hydrogens is 259 g/mol. The van der Waals surface area contributed by atoms with Gasteiger partial charge in [-0.15, -0.1) is 0 Å². The highest BCUT2D eigenvalue weighted by atomic mass is 19.1. The molecule has 0 spiro atoms. The molecule has 1 atom stereocenters. The zero-order valence-corrected chi connectivity index (χ0v) is 10.9. The van der Waals surface area contributed by atoms with E-state index in [0.29, 0.717) is 6.54 Å². The van der Waals surface area contributed by atoms with Crippen molar-refractivity contribution in [1.82, 2.24) is 20.1 Å². The second-order valence-corrected chi connectivity index (χ2v) is 4.90. The van der Waals surface area contributed by atoms with Crippen molar-refractivity contribution < 1.29 is 9.18 Å². The Morgan fingerprint density at radius 1 is 1.30 bits per heavy atom. The second-order valence-electron chi connectivity index (χ2n) is 4.90. The summed E-state index contributed by atoms with van der Waals surface area (Å²) in [5.74, 6) is -0.173. The maximum atomic E-state index is 13.0. The molecule has 104 valence electrons. The third kappa shape index (κ3) is 2.41. The van der Waals surface area contributed by atoms with Crippen LogP contribution in [0.25, 0.3) is 0 Å². The van der Waals surface area contributed by atoms with Gasteiger partial charge in [0.1, 0.15) is 12.1 Å². The standard InChI is InChI=1S/C14H15FN4O/c15-11-6-4-10(5-7-11)12-3-1-2-8-19(12)14(20)13-16-9-17-18-13/h4-7,9,12H,1-3,8H2,(H,16,17,18). The minimum absolute atomic E-state index is 0.0260. The number of aromatic amines is 1. The second kappa shape index (κ2) is 5.40. The summed E-state index contributed by atoms with van der Waals surface area (Å²) in [5.41, 5.74) is 0.957. The molecule has 1 aromatic carbocycles. The number of aromatic nitrogens is 3. The molecule has 1 saturated heterocycles. The van der Waals surface area contributed by atoms with Gasteiger partial charge in [-0.3, -0.25) is 9.89 Å². The Labute approximate surface area is 115 Å². The Balaban J connectivity index is 1.87. The first-order valence-electron chi connectivity index (χ1n) is 6.67. The van der Waals surface area contributed by atoms with E-state index in [0.717, 1.165) is 24.8 Å². The molecule has 1 aliphatic rings. The molecule has 0 bridgehead atoms. The lowest BCUT2D eigenvalue weighted by molar-refractivity contribution is 0.0599. The molecule has 1 amide bonds. The molecule has 2 heterocycles. The Morgan fingerprint density at radius 2 is 2.10 bits per heavy atom. The van der Waals surface area contributed by atoms with Crippen LogP contribution in [0.5, 0.6) is 0 Å². The average Bonchev–Trinajstić information content (AvgIpc) is 3.02. The maximum Gasteiger partial charge on any atom is 0.291 e. The summed E-state index contributed by atoms with van der Waals surface area (Å²) < 4.78 is 13.0. The molecule has 3 rings (SSSR count). The van der Waals surface area contributed by atoms with Crippen molar-refractivity contribution in [3.63, 3.8) is 0 Å². The van der Waals surface area contributed by atoms with Gasteiger partial charge in [0.2, 0.25) is 5.82 Å². The number of nitrogens with one attached hydrogen (secondary N) is 1. The van der Waals surface area contributed by atoms with Gasteiger partial charge in [0.15, 0.2) is 0 Å². The van der Waals surface area contributed by atoms with Crippen molar-refractivity contribution in [1.29, 1.82) is 0 Å². The monoisotopic (exact) mass is 274 g/mol. The molecule has 1 N–H and O–H groups in total. The Kier molecular flexibility index (Phi) is 3.45. The van der Waals surface area contributed by atoms with Crippen LogP contribution in [0.15, 0.2) is 30.6 Å². The molecule has 0 radical (unpaired) electrons. The van der Waals surface area contributed by atoms with Gasteiger partial charge < -0.3 is 4.90 Å². The fourth-order valence-electron chi connectivity index (χ4n) is 2.65. The highest BCUT2D eigenvalue weighted by molar-refractivity contribution is 5.90. The molecule has 5 nitrogen and oxygen atoms in total. The van der Waals surface area contributed by atoms with Crippen molar-refractivity contribution in [2.75, 3.05) is 6.54 Å². The highest BCUT2D eigenvalue weighted by Crippen LogP contribution is 2.31. The summed E-state index contributed by atoms with van der Waals surface area (Å²) in [5, 5.41) is 6.32. The predicted octanol–water partition coefficient (Wildman–Crippen LogP) is 2.31. The molecule has 6 heteroatoms. The number of rotatable bonds is 2. The van der Waals surface area contributed by atoms with Crippen LogP contribution in [0.2, 0.25) is 0 Å². The number of H-pyrrole nitrogens is 1. The maximum absolute atomic E-state index is 13.0. The Morgan fingerprint density at radius 3 is 2.80 bits per heavy atom. The van der Waals surface area contributed by atoms with Crippen LogP contribution in [-0.4, -0.2) is 32.5 Å². The number of carbonyl (C=O) groups is 1. The fraction of sp³-hybridized carbons (Fsp3) is 0.357. The zero-order chi connectivity index (χ0) is 13.9. The smallest absolute Gasteiger partial charge is 0.291 e. The highest BCUT2D eigenvalue weighted by Gasteiger charge is 2.29. The average molecular weight is 274 g/mol. The first kappa shape index (κ1) is 12.8. The quantitative estimate of drug-likeness (QED) is 0.914. The Hall–Kier alpha value is -2.24. The van der Waals surface area contributed by atoms with Crippen molar-refractivity contribution in [3.05, 3.63) is 47.8 Å². The zero-order valence-electron chi connectivity index (χ0n) is 10.9. The van der Waals surface area contributed by atoms with Gasteiger partial charge in [0.25, 0.3) is 5.91 Å². The van der Waals surface area contributed by atoms with Crippen LogP contribution < -0.4 is 0 Å². The largest absolute Gasteiger partial charge is 0.329 e. The SMILES string of the molecule is O=C(c1ncn[nH]1)N1CCCCC1c1ccc(F)cc1. The molecule has 0 saturated carbocycles. The third-order valence-corrected chi connectivity index (χ3v) is 3.64. The molecular formula is C14H15FN4O. The third-order valence-electron chi connectivity index (χ3n) is 3.64. The number of benzene rings is 1. The van der Waals surface area contributed by atoms with Crippen molar-refractivity contribution >= 4 is 5.91 Å². The van der Waals surface area contributed by atoms with Crippen LogP contribution in [0.1, 0.15) is 41.5 Å². The van der Waals surface area contributed by atoms with Gasteiger partial charge in [-0.05, 0) is 37.0 Å². The topological polar surface area (TPSA) is 61.9 Å². The number of halogens is 1. The summed E-state index contributed by atoms with van der Waals surface area (Å²) in [4.78, 5) is 18.1. The normalized spacial score (nSPS) is 19.1. The molecule has 1 aromatic heterocycles. The van der Waals surface area contributed by atoms with Gasteiger partial charge in [-0.25, -0.2) is 9.37 Å². The number of nitrogens with zero attached hydrogens (tertiary/aromatic N) is 3. The molecule has 1 unspecified atom stereocenters. The lowest BCUT2D eigenvalue weighted by Crippen LogP contribution is -2.39. The minimum atomic E-state index is -0.266. The first-order chi connectivity index (χ1) is 9.75. The van der Waals surface area contributed by atoms with Gasteiger partial charge in [0, 0.05) is 6.54 Å². The van der Waals surface area contributed by atoms with Crippen molar-refractivity contribution in [2.45, 2.75) is 25.3 Å². The molecule has 20 heavy (non-hydrogen) atoms. The number of amides is 1. The van der Waals surface area contributed by atoms with E-state index in [1.807, 2.05) is 0 Å². The fourth-order valence-corrected chi connectivity index (χ4v) is 2.65. The van der Waals surface area contributed by atoms with E-state index in [-0.39, 0.29) is 23.6 Å². The van der Waals surface area contributed by atoms with Gasteiger partial charge in [0.05, 0.1) is 6.04 Å². The van der Waals surface area contributed by atoms with E-state index in [9.17, 15) is 9.18 Å². The predicted molar refractivity (Wildman–Crippen MR) is 70.4 cm³/mol. The number of hydrogen-bond donors (Lipinski definition) is 1. The van der Waals surface area contributed by atoms with E-state index < -0.39 is 0 Å². The van der Waals surface area contributed by atoms with Crippen LogP contribution in [0.4, 0.5) is 4.39 Å². The lowest BCUT2D eigenvalue weighted by Gasteiger charge is -2.35. The van der Waals surface area contributed by atoms with E-state index in [4.69, 9.17) is 0 Å². The number of piperidine rings is 1. The molecule has 2 aromatic rings. The van der Waals surface area contributed by atoms with E-state index in [1.165, 1.54) is 18.5 Å². The minimum Gasteiger partial charge on any atom is -0.329 e. The molecule has 1 fully saturated rings. The van der Waals surface area contributed by atoms with Crippen LogP contribution in [-0.2, 0) is 0 Å². The van der Waals surface area contributed by atoms with Crippen LogP contribution in [0, 0.1) is 5.82 Å². The summed E-state index contributed by atoms with van der Waals surface area (Å²) >= 11 is 0. The summed E-state index contributed by atoms with van der Waals surface area (Å²) in [6.07, 6.45) is 4.23. The van der Waals surface area contributed by atoms with Gasteiger partial charge >= 0.3 is 0 Å². The number of hydrogen-bond acceptors (Lipinski definition) is 3. The first-order valence-corrected chi connectivity index (χ1v) is 6.67. The van der Waals surface area contributed by atoms with E-state index in [2.05, 4.69) is 15.2 Å². The van der Waals surface area contributed by atoms with Crippen LogP contribution in [0.3, 0.4) is 0 Å². The number of carbonyl (C=O) groups excluding carboxylic acids is 1. The molecule has 1 aliphatic heterocycles. The number of likely N-dealkylation sites (tertiary alicyclic amines) is 1. The van der Waals surface area contributed by atoms with E-state index in [1.54, 1.807) is 17.0 Å².